The lowest BCUT2D eigenvalue weighted by Gasteiger charge is -2.46. The second kappa shape index (κ2) is 7.86. The SMILES string of the molecule is CCCC(C)(C)C1CCC2(OCC(CN3CCCCC3C)O2)C(C)C1. The van der Waals surface area contributed by atoms with E-state index in [4.69, 9.17) is 9.47 Å². The van der Waals surface area contributed by atoms with Crippen LogP contribution < -0.4 is 0 Å². The van der Waals surface area contributed by atoms with E-state index in [1.165, 1.54) is 51.5 Å². The molecule has 0 N–H and O–H groups in total. The third kappa shape index (κ3) is 4.25. The molecular formula is C22H41NO2. The molecular weight excluding hydrogens is 310 g/mol. The Balaban J connectivity index is 1.55. The summed E-state index contributed by atoms with van der Waals surface area (Å²) in [7, 11) is 0. The smallest absolute Gasteiger partial charge is 0.171 e. The van der Waals surface area contributed by atoms with Crippen LogP contribution >= 0.6 is 0 Å². The molecule has 0 amide bonds. The van der Waals surface area contributed by atoms with Crippen LogP contribution in [-0.4, -0.2) is 42.5 Å². The Labute approximate surface area is 155 Å². The van der Waals surface area contributed by atoms with Gasteiger partial charge in [0.15, 0.2) is 5.79 Å². The van der Waals surface area contributed by atoms with Gasteiger partial charge >= 0.3 is 0 Å². The van der Waals surface area contributed by atoms with Gasteiger partial charge in [0, 0.05) is 24.9 Å². The van der Waals surface area contributed by atoms with Crippen LogP contribution in [0.5, 0.6) is 0 Å². The normalized spacial score (nSPS) is 40.7. The van der Waals surface area contributed by atoms with Gasteiger partial charge in [-0.1, -0.05) is 40.5 Å². The van der Waals surface area contributed by atoms with Crippen LogP contribution in [0.15, 0.2) is 0 Å². The topological polar surface area (TPSA) is 21.7 Å². The fourth-order valence-electron chi connectivity index (χ4n) is 5.66. The number of nitrogens with zero attached hydrogens (tertiary/aromatic N) is 1. The summed E-state index contributed by atoms with van der Waals surface area (Å²) in [6.45, 7) is 15.0. The number of hydrogen-bond donors (Lipinski definition) is 0. The Morgan fingerprint density at radius 1 is 1.16 bits per heavy atom. The average Bonchev–Trinajstić information content (AvgIpc) is 2.96. The van der Waals surface area contributed by atoms with E-state index in [0.29, 0.717) is 17.4 Å². The predicted molar refractivity (Wildman–Crippen MR) is 104 cm³/mol. The molecule has 0 radical (unpaired) electrons. The molecule has 3 rings (SSSR count). The lowest BCUT2D eigenvalue weighted by Crippen LogP contribution is -2.47. The van der Waals surface area contributed by atoms with Gasteiger partial charge in [0.05, 0.1) is 12.7 Å². The van der Waals surface area contributed by atoms with Crippen LogP contribution in [0.4, 0.5) is 0 Å². The van der Waals surface area contributed by atoms with Gasteiger partial charge in [-0.05, 0) is 56.9 Å². The van der Waals surface area contributed by atoms with Crippen LogP contribution in [0.1, 0.15) is 86.0 Å². The molecule has 3 heteroatoms. The van der Waals surface area contributed by atoms with Crippen molar-refractivity contribution in [3.8, 4) is 0 Å². The molecule has 1 spiro atoms. The van der Waals surface area contributed by atoms with E-state index in [2.05, 4.69) is 39.5 Å². The molecule has 25 heavy (non-hydrogen) atoms. The number of rotatable bonds is 5. The molecule has 0 aromatic carbocycles. The van der Waals surface area contributed by atoms with Crippen molar-refractivity contribution in [2.75, 3.05) is 19.7 Å². The van der Waals surface area contributed by atoms with Crippen molar-refractivity contribution < 1.29 is 9.47 Å². The zero-order valence-electron chi connectivity index (χ0n) is 17.4. The molecule has 0 aromatic heterocycles. The van der Waals surface area contributed by atoms with Crippen LogP contribution in [0, 0.1) is 17.3 Å². The highest BCUT2D eigenvalue weighted by Gasteiger charge is 2.51. The minimum Gasteiger partial charge on any atom is -0.347 e. The zero-order chi connectivity index (χ0) is 18.1. The van der Waals surface area contributed by atoms with Crippen molar-refractivity contribution in [1.82, 2.24) is 4.90 Å². The largest absolute Gasteiger partial charge is 0.347 e. The summed E-state index contributed by atoms with van der Waals surface area (Å²) in [5, 5.41) is 0. The van der Waals surface area contributed by atoms with Gasteiger partial charge in [-0.3, -0.25) is 4.90 Å². The Kier molecular flexibility index (Phi) is 6.17. The lowest BCUT2D eigenvalue weighted by atomic mass is 9.65. The monoisotopic (exact) mass is 351 g/mol. The first-order chi connectivity index (χ1) is 11.9. The molecule has 3 fully saturated rings. The molecule has 0 bridgehead atoms. The summed E-state index contributed by atoms with van der Waals surface area (Å²) < 4.78 is 13.0. The zero-order valence-corrected chi connectivity index (χ0v) is 17.4. The molecule has 146 valence electrons. The van der Waals surface area contributed by atoms with Crippen molar-refractivity contribution in [3.05, 3.63) is 0 Å². The summed E-state index contributed by atoms with van der Waals surface area (Å²) in [5.41, 5.74) is 0.450. The first-order valence-corrected chi connectivity index (χ1v) is 10.9. The quantitative estimate of drug-likeness (QED) is 0.676. The van der Waals surface area contributed by atoms with E-state index >= 15 is 0 Å². The minimum atomic E-state index is -0.289. The summed E-state index contributed by atoms with van der Waals surface area (Å²) in [6.07, 6.45) is 10.5. The second-order valence-electron chi connectivity index (χ2n) is 9.81. The maximum Gasteiger partial charge on any atom is 0.171 e. The average molecular weight is 352 g/mol. The van der Waals surface area contributed by atoms with E-state index in [9.17, 15) is 0 Å². The van der Waals surface area contributed by atoms with Gasteiger partial charge in [0.25, 0.3) is 0 Å². The van der Waals surface area contributed by atoms with Crippen molar-refractivity contribution in [2.24, 2.45) is 17.3 Å². The summed E-state index contributed by atoms with van der Waals surface area (Å²) >= 11 is 0. The molecule has 1 aliphatic carbocycles. The maximum absolute atomic E-state index is 6.61. The second-order valence-corrected chi connectivity index (χ2v) is 9.81. The fraction of sp³-hybridized carbons (Fsp3) is 1.00. The molecule has 2 saturated heterocycles. The highest BCUT2D eigenvalue weighted by molar-refractivity contribution is 4.94. The Bertz CT molecular complexity index is 438. The van der Waals surface area contributed by atoms with E-state index in [-0.39, 0.29) is 11.9 Å². The van der Waals surface area contributed by atoms with Gasteiger partial charge in [0.2, 0.25) is 0 Å². The van der Waals surface area contributed by atoms with Crippen molar-refractivity contribution in [2.45, 2.75) is 104 Å². The van der Waals surface area contributed by atoms with Gasteiger partial charge < -0.3 is 9.47 Å². The van der Waals surface area contributed by atoms with Gasteiger partial charge in [-0.25, -0.2) is 0 Å². The Morgan fingerprint density at radius 3 is 2.64 bits per heavy atom. The first-order valence-electron chi connectivity index (χ1n) is 10.9. The minimum absolute atomic E-state index is 0.267. The number of likely N-dealkylation sites (tertiary alicyclic amines) is 1. The van der Waals surface area contributed by atoms with Crippen molar-refractivity contribution in [1.29, 1.82) is 0 Å². The van der Waals surface area contributed by atoms with Gasteiger partial charge in [0.1, 0.15) is 0 Å². The summed E-state index contributed by atoms with van der Waals surface area (Å²) in [5.74, 6) is 1.02. The third-order valence-corrected chi connectivity index (χ3v) is 7.49. The molecule has 1 saturated carbocycles. The van der Waals surface area contributed by atoms with Crippen LogP contribution in [-0.2, 0) is 9.47 Å². The molecule has 2 heterocycles. The van der Waals surface area contributed by atoms with Crippen molar-refractivity contribution in [3.63, 3.8) is 0 Å². The maximum atomic E-state index is 6.61. The fourth-order valence-corrected chi connectivity index (χ4v) is 5.66. The Morgan fingerprint density at radius 2 is 1.96 bits per heavy atom. The molecule has 5 atom stereocenters. The molecule has 0 aromatic rings. The highest BCUT2D eigenvalue weighted by Crippen LogP contribution is 2.50. The van der Waals surface area contributed by atoms with Crippen LogP contribution in [0.3, 0.4) is 0 Å². The Hall–Kier alpha value is -0.120. The summed E-state index contributed by atoms with van der Waals surface area (Å²) in [6, 6.07) is 0.705. The number of ether oxygens (including phenoxy) is 2. The van der Waals surface area contributed by atoms with E-state index in [0.717, 1.165) is 25.5 Å². The van der Waals surface area contributed by atoms with Gasteiger partial charge in [-0.2, -0.15) is 0 Å². The predicted octanol–water partition coefficient (Wildman–Crippen LogP) is 5.24. The van der Waals surface area contributed by atoms with Crippen LogP contribution in [0.25, 0.3) is 0 Å². The van der Waals surface area contributed by atoms with Crippen LogP contribution in [0.2, 0.25) is 0 Å². The van der Waals surface area contributed by atoms with E-state index < -0.39 is 0 Å². The van der Waals surface area contributed by atoms with Gasteiger partial charge in [-0.15, -0.1) is 0 Å². The number of hydrogen-bond acceptors (Lipinski definition) is 3. The van der Waals surface area contributed by atoms with Crippen molar-refractivity contribution >= 4 is 0 Å². The molecule has 3 nitrogen and oxygen atoms in total. The standard InChI is InChI=1S/C22H41NO2/c1-6-11-21(4,5)19-10-12-22(17(2)14-19)24-16-20(25-22)15-23-13-8-7-9-18(23)3/h17-20H,6-16H2,1-5H3. The number of piperidine rings is 1. The van der Waals surface area contributed by atoms with E-state index in [1.807, 2.05) is 0 Å². The third-order valence-electron chi connectivity index (χ3n) is 7.49. The molecule has 5 unspecified atom stereocenters. The highest BCUT2D eigenvalue weighted by atomic mass is 16.7. The first kappa shape index (κ1) is 19.6. The lowest BCUT2D eigenvalue weighted by molar-refractivity contribution is -0.229. The summed E-state index contributed by atoms with van der Waals surface area (Å²) in [4.78, 5) is 2.62. The molecule has 2 aliphatic heterocycles. The molecule has 3 aliphatic rings. The van der Waals surface area contributed by atoms with E-state index in [1.54, 1.807) is 0 Å².